The molecule has 3 aromatic carbocycles. The Labute approximate surface area is 195 Å². The lowest BCUT2D eigenvalue weighted by atomic mass is 10.1. The summed E-state index contributed by atoms with van der Waals surface area (Å²) in [5, 5.41) is 11.7. The maximum atomic E-state index is 13.3. The van der Waals surface area contributed by atoms with Gasteiger partial charge in [0.05, 0.1) is 13.2 Å². The van der Waals surface area contributed by atoms with Crippen molar-refractivity contribution in [1.29, 1.82) is 0 Å². The molecule has 0 saturated carbocycles. The highest BCUT2D eigenvalue weighted by Gasteiger charge is 2.26. The van der Waals surface area contributed by atoms with Crippen molar-refractivity contribution in [3.63, 3.8) is 0 Å². The van der Waals surface area contributed by atoms with Crippen LogP contribution >= 0.6 is 11.8 Å². The fourth-order valence-corrected chi connectivity index (χ4v) is 4.37. The van der Waals surface area contributed by atoms with Gasteiger partial charge >= 0.3 is 0 Å². The maximum absolute atomic E-state index is 13.3. The largest absolute Gasteiger partial charge is 0.383 e. The summed E-state index contributed by atoms with van der Waals surface area (Å²) in [7, 11) is 1.64. The van der Waals surface area contributed by atoms with Gasteiger partial charge in [0.2, 0.25) is 5.91 Å². The van der Waals surface area contributed by atoms with E-state index in [0.29, 0.717) is 29.8 Å². The number of thioether (sulfide) groups is 1. The molecule has 0 saturated heterocycles. The molecule has 1 aromatic heterocycles. The van der Waals surface area contributed by atoms with E-state index >= 15 is 0 Å². The van der Waals surface area contributed by atoms with E-state index in [9.17, 15) is 9.18 Å². The second kappa shape index (κ2) is 10.9. The molecule has 4 rings (SSSR count). The highest BCUT2D eigenvalue weighted by molar-refractivity contribution is 8.00. The minimum atomic E-state index is -0.592. The van der Waals surface area contributed by atoms with Crippen molar-refractivity contribution in [1.82, 2.24) is 14.8 Å². The number of aromatic nitrogens is 3. The van der Waals surface area contributed by atoms with E-state index in [2.05, 4.69) is 15.5 Å². The van der Waals surface area contributed by atoms with E-state index in [-0.39, 0.29) is 11.7 Å². The summed E-state index contributed by atoms with van der Waals surface area (Å²) in [6.07, 6.45) is 0. The number of nitrogens with one attached hydrogen (secondary N) is 1. The number of nitrogens with zero attached hydrogens (tertiary/aromatic N) is 3. The van der Waals surface area contributed by atoms with Crippen molar-refractivity contribution in [2.75, 3.05) is 19.0 Å². The van der Waals surface area contributed by atoms with E-state index in [1.165, 1.54) is 36.0 Å². The summed E-state index contributed by atoms with van der Waals surface area (Å²) in [5.41, 5.74) is 2.28. The number of anilines is 1. The zero-order chi connectivity index (χ0) is 23.0. The van der Waals surface area contributed by atoms with Crippen LogP contribution in [-0.4, -0.2) is 34.4 Å². The first-order valence-electron chi connectivity index (χ1n) is 10.4. The summed E-state index contributed by atoms with van der Waals surface area (Å²) in [6.45, 7) is 1.01. The fourth-order valence-electron chi connectivity index (χ4n) is 3.31. The van der Waals surface area contributed by atoms with E-state index in [1.807, 2.05) is 65.2 Å². The average molecular weight is 463 g/mol. The lowest BCUT2D eigenvalue weighted by molar-refractivity contribution is -0.115. The Bertz CT molecular complexity index is 1180. The Hall–Kier alpha value is -3.49. The number of carbonyl (C=O) groups excluding carboxylic acids is 1. The van der Waals surface area contributed by atoms with Crippen LogP contribution in [0.25, 0.3) is 11.4 Å². The lowest BCUT2D eigenvalue weighted by Gasteiger charge is -2.17. The van der Waals surface area contributed by atoms with Crippen molar-refractivity contribution >= 4 is 23.4 Å². The van der Waals surface area contributed by atoms with Crippen LogP contribution in [0, 0.1) is 5.82 Å². The molecule has 0 aliphatic carbocycles. The molecule has 0 fully saturated rings. The first-order chi connectivity index (χ1) is 16.2. The molecule has 0 spiro atoms. The standard InChI is InChI=1S/C25H23FN4O2S/c1-32-17-16-30-23(19-10-6-3-7-11-19)28-29-25(30)33-22(18-8-4-2-5-9-18)24(31)27-21-14-12-20(26)13-15-21/h2-15,22H,16-17H2,1H3,(H,27,31). The van der Waals surface area contributed by atoms with Gasteiger partial charge in [0.25, 0.3) is 0 Å². The molecular weight excluding hydrogens is 439 g/mol. The van der Waals surface area contributed by atoms with Crippen LogP contribution in [0.1, 0.15) is 10.8 Å². The topological polar surface area (TPSA) is 69.0 Å². The number of ether oxygens (including phenoxy) is 1. The number of hydrogen-bond acceptors (Lipinski definition) is 5. The van der Waals surface area contributed by atoms with E-state index in [4.69, 9.17) is 4.74 Å². The smallest absolute Gasteiger partial charge is 0.242 e. The van der Waals surface area contributed by atoms with Crippen molar-refractivity contribution in [3.05, 3.63) is 96.3 Å². The van der Waals surface area contributed by atoms with Gasteiger partial charge in [0.15, 0.2) is 11.0 Å². The van der Waals surface area contributed by atoms with Gasteiger partial charge in [-0.1, -0.05) is 72.4 Å². The highest BCUT2D eigenvalue weighted by atomic mass is 32.2. The molecule has 8 heteroatoms. The number of hydrogen-bond donors (Lipinski definition) is 1. The van der Waals surface area contributed by atoms with Gasteiger partial charge in [-0.25, -0.2) is 4.39 Å². The molecule has 1 heterocycles. The summed E-state index contributed by atoms with van der Waals surface area (Å²) < 4.78 is 20.5. The van der Waals surface area contributed by atoms with E-state index in [1.54, 1.807) is 7.11 Å². The van der Waals surface area contributed by atoms with Gasteiger partial charge in [-0.3, -0.25) is 9.36 Å². The monoisotopic (exact) mass is 462 g/mol. The van der Waals surface area contributed by atoms with Crippen molar-refractivity contribution in [3.8, 4) is 11.4 Å². The molecule has 0 aliphatic heterocycles. The van der Waals surface area contributed by atoms with Gasteiger partial charge in [-0.05, 0) is 29.8 Å². The van der Waals surface area contributed by atoms with Gasteiger partial charge in [-0.15, -0.1) is 10.2 Å². The Kier molecular flexibility index (Phi) is 7.49. The van der Waals surface area contributed by atoms with Crippen molar-refractivity contribution in [2.24, 2.45) is 0 Å². The number of benzene rings is 3. The SMILES string of the molecule is COCCn1c(SC(C(=O)Nc2ccc(F)cc2)c2ccccc2)nnc1-c1ccccc1. The molecule has 33 heavy (non-hydrogen) atoms. The molecule has 1 unspecified atom stereocenters. The molecule has 1 atom stereocenters. The van der Waals surface area contributed by atoms with E-state index < -0.39 is 5.25 Å². The minimum Gasteiger partial charge on any atom is -0.383 e. The average Bonchev–Trinajstić information content (AvgIpc) is 3.26. The maximum Gasteiger partial charge on any atom is 0.242 e. The van der Waals surface area contributed by atoms with Crippen LogP contribution in [-0.2, 0) is 16.1 Å². The quantitative estimate of drug-likeness (QED) is 0.346. The lowest BCUT2D eigenvalue weighted by Crippen LogP contribution is -2.20. The van der Waals surface area contributed by atoms with Crippen LogP contribution in [0.5, 0.6) is 0 Å². The minimum absolute atomic E-state index is 0.236. The molecule has 0 radical (unpaired) electrons. The predicted octanol–water partition coefficient (Wildman–Crippen LogP) is 5.20. The Morgan fingerprint density at radius 3 is 2.33 bits per heavy atom. The van der Waals surface area contributed by atoms with Crippen LogP contribution in [0.2, 0.25) is 0 Å². The molecule has 1 amide bonds. The van der Waals surface area contributed by atoms with Crippen LogP contribution < -0.4 is 5.32 Å². The Morgan fingerprint density at radius 2 is 1.67 bits per heavy atom. The van der Waals surface area contributed by atoms with Crippen molar-refractivity contribution in [2.45, 2.75) is 17.0 Å². The number of methoxy groups -OCH3 is 1. The summed E-state index contributed by atoms with van der Waals surface area (Å²) in [4.78, 5) is 13.3. The van der Waals surface area contributed by atoms with Gasteiger partial charge in [0.1, 0.15) is 11.1 Å². The molecule has 0 bridgehead atoms. The van der Waals surface area contributed by atoms with Crippen LogP contribution in [0.3, 0.4) is 0 Å². The van der Waals surface area contributed by atoms with Crippen LogP contribution in [0.4, 0.5) is 10.1 Å². The first-order valence-corrected chi connectivity index (χ1v) is 11.3. The molecular formula is C25H23FN4O2S. The zero-order valence-corrected chi connectivity index (χ0v) is 18.8. The number of amides is 1. The van der Waals surface area contributed by atoms with Gasteiger partial charge < -0.3 is 10.1 Å². The third-order valence-electron chi connectivity index (χ3n) is 4.94. The third-order valence-corrected chi connectivity index (χ3v) is 6.18. The predicted molar refractivity (Wildman–Crippen MR) is 127 cm³/mol. The normalized spacial score (nSPS) is 11.8. The third kappa shape index (κ3) is 5.66. The van der Waals surface area contributed by atoms with Crippen molar-refractivity contribution < 1.29 is 13.9 Å². The second-order valence-corrected chi connectivity index (χ2v) is 8.29. The number of carbonyl (C=O) groups is 1. The summed E-state index contributed by atoms with van der Waals surface area (Å²) in [6, 6.07) is 24.9. The second-order valence-electron chi connectivity index (χ2n) is 7.22. The fraction of sp³-hybridized carbons (Fsp3) is 0.160. The highest BCUT2D eigenvalue weighted by Crippen LogP contribution is 2.37. The van der Waals surface area contributed by atoms with E-state index in [0.717, 1.165) is 11.1 Å². The molecule has 168 valence electrons. The molecule has 6 nitrogen and oxygen atoms in total. The summed E-state index contributed by atoms with van der Waals surface area (Å²) >= 11 is 1.31. The molecule has 1 N–H and O–H groups in total. The summed E-state index contributed by atoms with van der Waals surface area (Å²) in [5.74, 6) is 0.114. The Morgan fingerprint density at radius 1 is 1.00 bits per heavy atom. The molecule has 0 aliphatic rings. The van der Waals surface area contributed by atoms with Crippen LogP contribution in [0.15, 0.2) is 90.1 Å². The first kappa shape index (κ1) is 22.7. The number of rotatable bonds is 9. The van der Waals surface area contributed by atoms with Gasteiger partial charge in [-0.2, -0.15) is 0 Å². The molecule has 4 aromatic rings. The van der Waals surface area contributed by atoms with Gasteiger partial charge in [0, 0.05) is 18.4 Å². The Balaban J connectivity index is 1.66. The zero-order valence-electron chi connectivity index (χ0n) is 18.0. The number of halogens is 1.